The summed E-state index contributed by atoms with van der Waals surface area (Å²) in [5.74, 6) is 0.0630. The second-order valence-corrected chi connectivity index (χ2v) is 5.49. The minimum absolute atomic E-state index is 0.0256. The summed E-state index contributed by atoms with van der Waals surface area (Å²) in [7, 11) is 0. The molecular formula is C15H14F3N3O. The number of anilines is 1. The first kappa shape index (κ1) is 14.6. The van der Waals surface area contributed by atoms with Crippen LogP contribution in [-0.2, 0) is 11.0 Å². The zero-order valence-corrected chi connectivity index (χ0v) is 11.7. The van der Waals surface area contributed by atoms with Gasteiger partial charge in [0.05, 0.1) is 5.56 Å². The number of nitrogens with one attached hydrogen (secondary N) is 2. The van der Waals surface area contributed by atoms with E-state index < -0.39 is 11.7 Å². The van der Waals surface area contributed by atoms with Crippen LogP contribution in [0.2, 0.25) is 0 Å². The molecule has 1 aromatic carbocycles. The van der Waals surface area contributed by atoms with Crippen molar-refractivity contribution >= 4 is 11.7 Å². The normalized spacial score (nSPS) is 20.7. The number of hydrogen-bond donors (Lipinski definition) is 2. The second kappa shape index (κ2) is 5.15. The van der Waals surface area contributed by atoms with Crippen molar-refractivity contribution in [1.82, 2.24) is 10.2 Å². The van der Waals surface area contributed by atoms with Gasteiger partial charge in [-0.15, -0.1) is 0 Å². The molecular weight excluding hydrogens is 295 g/mol. The van der Waals surface area contributed by atoms with Crippen molar-refractivity contribution in [1.29, 1.82) is 0 Å². The van der Waals surface area contributed by atoms with Gasteiger partial charge in [0.15, 0.2) is 5.82 Å². The van der Waals surface area contributed by atoms with Crippen LogP contribution in [0.15, 0.2) is 30.3 Å². The summed E-state index contributed by atoms with van der Waals surface area (Å²) < 4.78 is 37.5. The van der Waals surface area contributed by atoms with Gasteiger partial charge in [-0.3, -0.25) is 9.89 Å². The number of aromatic amines is 1. The van der Waals surface area contributed by atoms with E-state index in [0.717, 1.165) is 23.4 Å². The lowest BCUT2D eigenvalue weighted by molar-refractivity contribution is -0.137. The van der Waals surface area contributed by atoms with E-state index in [1.165, 1.54) is 12.1 Å². The Balaban J connectivity index is 1.63. The van der Waals surface area contributed by atoms with Gasteiger partial charge in [0.2, 0.25) is 5.91 Å². The zero-order valence-electron chi connectivity index (χ0n) is 11.7. The highest BCUT2D eigenvalue weighted by Crippen LogP contribution is 2.48. The van der Waals surface area contributed by atoms with Crippen LogP contribution >= 0.6 is 0 Å². The number of benzene rings is 1. The van der Waals surface area contributed by atoms with Crippen LogP contribution in [0.25, 0.3) is 0 Å². The Kier molecular flexibility index (Phi) is 3.42. The molecule has 0 radical (unpaired) electrons. The van der Waals surface area contributed by atoms with Crippen molar-refractivity contribution < 1.29 is 18.0 Å². The van der Waals surface area contributed by atoms with Crippen LogP contribution in [0, 0.1) is 12.8 Å². The molecule has 0 bridgehead atoms. The highest BCUT2D eigenvalue weighted by atomic mass is 19.4. The number of H-pyrrole nitrogens is 1. The fourth-order valence-corrected chi connectivity index (χ4v) is 2.47. The van der Waals surface area contributed by atoms with Gasteiger partial charge in [0.1, 0.15) is 0 Å². The number of hydrogen-bond acceptors (Lipinski definition) is 2. The maximum Gasteiger partial charge on any atom is 0.416 e. The number of alkyl halides is 3. The first-order chi connectivity index (χ1) is 10.3. The molecule has 0 spiro atoms. The Labute approximate surface area is 124 Å². The number of aryl methyl sites for hydroxylation is 1. The molecule has 2 atom stereocenters. The lowest BCUT2D eigenvalue weighted by Gasteiger charge is -2.07. The molecule has 2 aromatic rings. The third kappa shape index (κ3) is 2.98. The van der Waals surface area contributed by atoms with Crippen LogP contribution < -0.4 is 5.32 Å². The van der Waals surface area contributed by atoms with E-state index in [1.54, 1.807) is 6.07 Å². The molecule has 1 aromatic heterocycles. The average Bonchev–Trinajstić information content (AvgIpc) is 3.16. The molecule has 3 rings (SSSR count). The molecule has 1 aliphatic rings. The first-order valence-corrected chi connectivity index (χ1v) is 6.84. The summed E-state index contributed by atoms with van der Waals surface area (Å²) in [6, 6.07) is 6.71. The molecule has 1 amide bonds. The summed E-state index contributed by atoms with van der Waals surface area (Å²) in [4.78, 5) is 12.0. The quantitative estimate of drug-likeness (QED) is 0.912. The van der Waals surface area contributed by atoms with Gasteiger partial charge in [-0.25, -0.2) is 0 Å². The summed E-state index contributed by atoms with van der Waals surface area (Å²) in [5, 5.41) is 9.34. The second-order valence-electron chi connectivity index (χ2n) is 5.49. The molecule has 4 nitrogen and oxygen atoms in total. The van der Waals surface area contributed by atoms with Crippen LogP contribution in [-0.4, -0.2) is 16.1 Å². The summed E-state index contributed by atoms with van der Waals surface area (Å²) in [5.41, 5.74) is 0.918. The van der Waals surface area contributed by atoms with Gasteiger partial charge >= 0.3 is 6.18 Å². The predicted molar refractivity (Wildman–Crippen MR) is 74.2 cm³/mol. The van der Waals surface area contributed by atoms with Gasteiger partial charge in [0.25, 0.3) is 0 Å². The molecule has 1 fully saturated rings. The molecule has 1 saturated carbocycles. The van der Waals surface area contributed by atoms with E-state index in [2.05, 4.69) is 15.5 Å². The molecule has 7 heteroatoms. The highest BCUT2D eigenvalue weighted by molar-refractivity contribution is 5.94. The lowest BCUT2D eigenvalue weighted by Crippen LogP contribution is -2.14. The van der Waals surface area contributed by atoms with E-state index in [-0.39, 0.29) is 17.7 Å². The molecule has 0 saturated heterocycles. The van der Waals surface area contributed by atoms with Crippen molar-refractivity contribution in [3.05, 3.63) is 47.2 Å². The summed E-state index contributed by atoms with van der Waals surface area (Å²) in [6.07, 6.45) is -3.70. The monoisotopic (exact) mass is 309 g/mol. The maximum absolute atomic E-state index is 12.5. The zero-order chi connectivity index (χ0) is 15.9. The van der Waals surface area contributed by atoms with E-state index in [0.29, 0.717) is 12.2 Å². The largest absolute Gasteiger partial charge is 0.416 e. The van der Waals surface area contributed by atoms with Gasteiger partial charge in [-0.2, -0.15) is 18.3 Å². The summed E-state index contributed by atoms with van der Waals surface area (Å²) in [6.45, 7) is 1.82. The minimum atomic E-state index is -4.34. The van der Waals surface area contributed by atoms with Crippen molar-refractivity contribution in [3.8, 4) is 0 Å². The molecule has 1 heterocycles. The Bertz CT molecular complexity index is 691. The highest BCUT2D eigenvalue weighted by Gasteiger charge is 2.44. The molecule has 1 aliphatic carbocycles. The molecule has 22 heavy (non-hydrogen) atoms. The molecule has 0 aliphatic heterocycles. The smallest absolute Gasteiger partial charge is 0.309 e. The van der Waals surface area contributed by atoms with E-state index in [1.807, 2.05) is 6.92 Å². The SMILES string of the molecule is Cc1cc(NC(=O)C2CC2c2ccc(C(F)(F)F)cc2)n[nH]1. The number of carbonyl (C=O) groups excluding carboxylic acids is 1. The third-order valence-electron chi connectivity index (χ3n) is 3.75. The Morgan fingerprint density at radius 1 is 1.32 bits per heavy atom. The van der Waals surface area contributed by atoms with E-state index >= 15 is 0 Å². The van der Waals surface area contributed by atoms with Gasteiger partial charge in [-0.1, -0.05) is 12.1 Å². The van der Waals surface area contributed by atoms with Gasteiger partial charge in [0, 0.05) is 17.7 Å². The molecule has 116 valence electrons. The number of amides is 1. The average molecular weight is 309 g/mol. The fraction of sp³-hybridized carbons (Fsp3) is 0.333. The molecule has 2 N–H and O–H groups in total. The number of nitrogens with zero attached hydrogens (tertiary/aromatic N) is 1. The third-order valence-corrected chi connectivity index (χ3v) is 3.75. The van der Waals surface area contributed by atoms with Crippen molar-refractivity contribution in [2.45, 2.75) is 25.4 Å². The van der Waals surface area contributed by atoms with Crippen LogP contribution in [0.3, 0.4) is 0 Å². The minimum Gasteiger partial charge on any atom is -0.309 e. The first-order valence-electron chi connectivity index (χ1n) is 6.84. The standard InChI is InChI=1S/C15H14F3N3O/c1-8-6-13(21-20-8)19-14(22)12-7-11(12)9-2-4-10(5-3-9)15(16,17)18/h2-6,11-12H,7H2,1H3,(H2,19,20,21,22). The lowest BCUT2D eigenvalue weighted by atomic mass is 10.1. The topological polar surface area (TPSA) is 57.8 Å². The molecule has 2 unspecified atom stereocenters. The Morgan fingerprint density at radius 3 is 2.55 bits per heavy atom. The number of halogens is 3. The van der Waals surface area contributed by atoms with E-state index in [9.17, 15) is 18.0 Å². The number of rotatable bonds is 3. The van der Waals surface area contributed by atoms with Crippen LogP contribution in [0.1, 0.15) is 29.2 Å². The summed E-state index contributed by atoms with van der Waals surface area (Å²) >= 11 is 0. The Morgan fingerprint density at radius 2 is 2.00 bits per heavy atom. The van der Waals surface area contributed by atoms with Crippen molar-refractivity contribution in [3.63, 3.8) is 0 Å². The van der Waals surface area contributed by atoms with Crippen LogP contribution in [0.5, 0.6) is 0 Å². The maximum atomic E-state index is 12.5. The fourth-order valence-electron chi connectivity index (χ4n) is 2.47. The predicted octanol–water partition coefficient (Wildman–Crippen LogP) is 3.48. The van der Waals surface area contributed by atoms with Gasteiger partial charge < -0.3 is 5.32 Å². The van der Waals surface area contributed by atoms with E-state index in [4.69, 9.17) is 0 Å². The van der Waals surface area contributed by atoms with Crippen molar-refractivity contribution in [2.75, 3.05) is 5.32 Å². The van der Waals surface area contributed by atoms with Gasteiger partial charge in [-0.05, 0) is 37.0 Å². The number of aromatic nitrogens is 2. The Hall–Kier alpha value is -2.31. The van der Waals surface area contributed by atoms with Crippen molar-refractivity contribution in [2.24, 2.45) is 5.92 Å². The van der Waals surface area contributed by atoms with Crippen LogP contribution in [0.4, 0.5) is 19.0 Å². The number of carbonyl (C=O) groups is 1.